The third-order valence-corrected chi connectivity index (χ3v) is 5.84. The van der Waals surface area contributed by atoms with Crippen LogP contribution < -0.4 is 0 Å². The highest BCUT2D eigenvalue weighted by atomic mass is 19.1. The second-order valence-electron chi connectivity index (χ2n) is 8.58. The number of halogens is 1. The van der Waals surface area contributed by atoms with Crippen molar-refractivity contribution in [2.24, 2.45) is 0 Å². The fraction of sp³-hybridized carbons (Fsp3) is 0.233. The van der Waals surface area contributed by atoms with Crippen LogP contribution in [0, 0.1) is 0 Å². The van der Waals surface area contributed by atoms with Crippen molar-refractivity contribution in [3.8, 4) is 11.4 Å². The van der Waals surface area contributed by atoms with Gasteiger partial charge in [-0.1, -0.05) is 104 Å². The van der Waals surface area contributed by atoms with Crippen molar-refractivity contribution in [3.63, 3.8) is 0 Å². The Balaban J connectivity index is 1.61. The summed E-state index contributed by atoms with van der Waals surface area (Å²) in [6.45, 7) is 4.62. The van der Waals surface area contributed by atoms with Gasteiger partial charge >= 0.3 is 0 Å². The van der Waals surface area contributed by atoms with Crippen LogP contribution in [-0.4, -0.2) is 21.0 Å². The Labute approximate surface area is 202 Å². The zero-order valence-corrected chi connectivity index (χ0v) is 19.8. The van der Waals surface area contributed by atoms with Crippen LogP contribution >= 0.6 is 0 Å². The summed E-state index contributed by atoms with van der Waals surface area (Å²) >= 11 is 0. The number of unbranched alkanes of at least 4 members (excludes halogenated alkanes) is 1. The second kappa shape index (κ2) is 12.1. The molecule has 1 heterocycles. The molecule has 0 bridgehead atoms. The number of nitrogens with zero attached hydrogens (tertiary/aromatic N) is 3. The highest BCUT2D eigenvalue weighted by molar-refractivity contribution is 5.56. The van der Waals surface area contributed by atoms with Gasteiger partial charge < -0.3 is 4.57 Å². The predicted octanol–water partition coefficient (Wildman–Crippen LogP) is 7.36. The maximum Gasteiger partial charge on any atom is 0.140 e. The minimum atomic E-state index is -0.148. The maximum absolute atomic E-state index is 15.1. The fourth-order valence-corrected chi connectivity index (χ4v) is 4.15. The van der Waals surface area contributed by atoms with Gasteiger partial charge in [-0.2, -0.15) is 0 Å². The van der Waals surface area contributed by atoms with Gasteiger partial charge in [0.25, 0.3) is 0 Å². The lowest BCUT2D eigenvalue weighted by Crippen LogP contribution is -2.26. The SMILES string of the molecule is CCCCn1c(CN(C/C(F)=C/c2ccccc2)Cc2ccccc2)cnc1-c1ccccc1. The summed E-state index contributed by atoms with van der Waals surface area (Å²) < 4.78 is 17.4. The molecule has 0 atom stereocenters. The Morgan fingerprint density at radius 3 is 2.21 bits per heavy atom. The van der Waals surface area contributed by atoms with Gasteiger partial charge in [-0.25, -0.2) is 9.37 Å². The molecule has 0 saturated heterocycles. The quantitative estimate of drug-likeness (QED) is 0.236. The zero-order valence-electron chi connectivity index (χ0n) is 19.8. The van der Waals surface area contributed by atoms with Crippen LogP contribution in [0.1, 0.15) is 36.6 Å². The van der Waals surface area contributed by atoms with Crippen LogP contribution in [0.3, 0.4) is 0 Å². The van der Waals surface area contributed by atoms with Gasteiger partial charge in [0.05, 0.1) is 18.4 Å². The first-order valence-corrected chi connectivity index (χ1v) is 12.0. The molecule has 4 heteroatoms. The van der Waals surface area contributed by atoms with Crippen molar-refractivity contribution in [2.75, 3.05) is 6.54 Å². The summed E-state index contributed by atoms with van der Waals surface area (Å²) in [6.07, 6.45) is 5.76. The van der Waals surface area contributed by atoms with Gasteiger partial charge in [0, 0.05) is 25.2 Å². The molecule has 0 aliphatic carbocycles. The van der Waals surface area contributed by atoms with Gasteiger partial charge in [-0.05, 0) is 23.6 Å². The number of hydrogen-bond donors (Lipinski definition) is 0. The number of hydrogen-bond acceptors (Lipinski definition) is 2. The molecule has 0 radical (unpaired) electrons. The normalized spacial score (nSPS) is 11.8. The fourth-order valence-electron chi connectivity index (χ4n) is 4.15. The van der Waals surface area contributed by atoms with E-state index in [2.05, 4.69) is 40.7 Å². The summed E-state index contributed by atoms with van der Waals surface area (Å²) in [4.78, 5) is 6.93. The number of aromatic nitrogens is 2. The van der Waals surface area contributed by atoms with E-state index in [1.165, 1.54) is 0 Å². The number of benzene rings is 3. The summed E-state index contributed by atoms with van der Waals surface area (Å²) in [5, 5.41) is 0. The third kappa shape index (κ3) is 6.52. The van der Waals surface area contributed by atoms with E-state index in [1.807, 2.05) is 72.9 Å². The molecule has 3 aromatic carbocycles. The van der Waals surface area contributed by atoms with E-state index in [0.29, 0.717) is 13.1 Å². The maximum atomic E-state index is 15.1. The Morgan fingerprint density at radius 1 is 0.882 bits per heavy atom. The molecule has 0 amide bonds. The average Bonchev–Trinajstić information content (AvgIpc) is 3.26. The van der Waals surface area contributed by atoms with Gasteiger partial charge in [-0.3, -0.25) is 4.90 Å². The van der Waals surface area contributed by atoms with Crippen LogP contribution in [0.15, 0.2) is 103 Å². The molecular weight excluding hydrogens is 421 g/mol. The van der Waals surface area contributed by atoms with Crippen molar-refractivity contribution in [1.82, 2.24) is 14.5 Å². The number of imidazole rings is 1. The molecule has 1 aromatic heterocycles. The molecule has 34 heavy (non-hydrogen) atoms. The summed E-state index contributed by atoms with van der Waals surface area (Å²) in [7, 11) is 0. The van der Waals surface area contributed by atoms with Crippen molar-refractivity contribution >= 4 is 6.08 Å². The van der Waals surface area contributed by atoms with E-state index in [-0.39, 0.29) is 12.4 Å². The smallest absolute Gasteiger partial charge is 0.140 e. The lowest BCUT2D eigenvalue weighted by molar-refractivity contribution is 0.255. The molecule has 0 aliphatic rings. The molecule has 4 rings (SSSR count). The molecular formula is C30H32FN3. The Kier molecular flexibility index (Phi) is 8.42. The molecule has 0 unspecified atom stereocenters. The highest BCUT2D eigenvalue weighted by Gasteiger charge is 2.16. The van der Waals surface area contributed by atoms with E-state index in [0.717, 1.165) is 47.6 Å². The molecule has 3 nitrogen and oxygen atoms in total. The van der Waals surface area contributed by atoms with E-state index in [1.54, 1.807) is 6.08 Å². The first-order valence-electron chi connectivity index (χ1n) is 12.0. The number of rotatable bonds is 11. The van der Waals surface area contributed by atoms with Gasteiger partial charge in [0.15, 0.2) is 0 Å². The van der Waals surface area contributed by atoms with E-state index >= 15 is 4.39 Å². The van der Waals surface area contributed by atoms with Crippen molar-refractivity contribution < 1.29 is 4.39 Å². The van der Waals surface area contributed by atoms with Crippen molar-refractivity contribution in [3.05, 3.63) is 120 Å². The molecule has 0 fully saturated rings. The van der Waals surface area contributed by atoms with E-state index < -0.39 is 0 Å². The van der Waals surface area contributed by atoms with Gasteiger partial charge in [0.2, 0.25) is 0 Å². The van der Waals surface area contributed by atoms with E-state index in [9.17, 15) is 0 Å². The molecule has 0 saturated carbocycles. The topological polar surface area (TPSA) is 21.1 Å². The van der Waals surface area contributed by atoms with Gasteiger partial charge in [-0.15, -0.1) is 0 Å². The summed E-state index contributed by atoms with van der Waals surface area (Å²) in [5.41, 5.74) is 4.25. The van der Waals surface area contributed by atoms with Crippen LogP contribution in [0.4, 0.5) is 4.39 Å². The highest BCUT2D eigenvalue weighted by Crippen LogP contribution is 2.23. The zero-order chi connectivity index (χ0) is 23.6. The minimum absolute atomic E-state index is 0.148. The predicted molar refractivity (Wildman–Crippen MR) is 139 cm³/mol. The molecule has 0 spiro atoms. The Bertz CT molecular complexity index is 1170. The lowest BCUT2D eigenvalue weighted by atomic mass is 10.2. The first-order chi connectivity index (χ1) is 16.7. The van der Waals surface area contributed by atoms with Crippen LogP contribution in [0.2, 0.25) is 0 Å². The first kappa shape index (κ1) is 23.7. The summed E-state index contributed by atoms with van der Waals surface area (Å²) in [5.74, 6) is 0.828. The van der Waals surface area contributed by atoms with Crippen LogP contribution in [0.5, 0.6) is 0 Å². The molecule has 0 aliphatic heterocycles. The Hall–Kier alpha value is -3.50. The minimum Gasteiger partial charge on any atom is -0.327 e. The van der Waals surface area contributed by atoms with E-state index in [4.69, 9.17) is 4.98 Å². The third-order valence-electron chi connectivity index (χ3n) is 5.84. The second-order valence-corrected chi connectivity index (χ2v) is 8.58. The van der Waals surface area contributed by atoms with Crippen LogP contribution in [0.25, 0.3) is 17.5 Å². The Morgan fingerprint density at radius 2 is 1.53 bits per heavy atom. The van der Waals surface area contributed by atoms with Crippen molar-refractivity contribution in [1.29, 1.82) is 0 Å². The average molecular weight is 454 g/mol. The summed E-state index contributed by atoms with van der Waals surface area (Å²) in [6, 6.07) is 30.2. The lowest BCUT2D eigenvalue weighted by Gasteiger charge is -2.23. The monoisotopic (exact) mass is 453 g/mol. The molecule has 4 aromatic rings. The molecule has 174 valence electrons. The standard InChI is InChI=1S/C30H32FN3/c1-2-3-19-34-29(21-32-30(34)27-17-11-6-12-18-27)24-33(22-26-15-9-5-10-16-26)23-28(31)20-25-13-7-4-8-14-25/h4-18,20-21H,2-3,19,22-24H2,1H3/b28-20-. The van der Waals surface area contributed by atoms with Crippen molar-refractivity contribution in [2.45, 2.75) is 39.4 Å². The molecule has 0 N–H and O–H groups in total. The van der Waals surface area contributed by atoms with Crippen LogP contribution in [-0.2, 0) is 19.6 Å². The largest absolute Gasteiger partial charge is 0.327 e. The van der Waals surface area contributed by atoms with Gasteiger partial charge in [0.1, 0.15) is 11.7 Å².